The largest absolute Gasteiger partial charge is 0.311 e. The summed E-state index contributed by atoms with van der Waals surface area (Å²) in [5.41, 5.74) is 2.35. The normalized spacial score (nSPS) is 11.1. The molecule has 5 heteroatoms. The maximum absolute atomic E-state index is 4.52. The number of fused-ring (bicyclic) bond motifs is 1. The summed E-state index contributed by atoms with van der Waals surface area (Å²) in [4.78, 5) is 9.68. The average Bonchev–Trinajstić information content (AvgIpc) is 2.96. The highest BCUT2D eigenvalue weighted by molar-refractivity contribution is 7.15. The summed E-state index contributed by atoms with van der Waals surface area (Å²) >= 11 is 1.66. The lowest BCUT2D eigenvalue weighted by atomic mass is 10.2. The van der Waals surface area contributed by atoms with Crippen LogP contribution in [0, 0.1) is 0 Å². The molecule has 3 aromatic heterocycles. The van der Waals surface area contributed by atoms with E-state index in [1.807, 2.05) is 23.8 Å². The van der Waals surface area contributed by atoms with Crippen LogP contribution in [0.3, 0.4) is 0 Å². The van der Waals surface area contributed by atoms with E-state index in [-0.39, 0.29) is 0 Å². The second kappa shape index (κ2) is 5.29. The van der Waals surface area contributed by atoms with Crippen molar-refractivity contribution in [2.75, 3.05) is 6.54 Å². The number of nitrogens with zero attached hydrogens (tertiary/aromatic N) is 3. The first-order valence-electron chi connectivity index (χ1n) is 5.92. The predicted octanol–water partition coefficient (Wildman–Crippen LogP) is 2.12. The van der Waals surface area contributed by atoms with Gasteiger partial charge in [-0.3, -0.25) is 9.38 Å². The molecule has 0 bridgehead atoms. The molecule has 18 heavy (non-hydrogen) atoms. The van der Waals surface area contributed by atoms with Gasteiger partial charge in [0.15, 0.2) is 4.96 Å². The predicted molar refractivity (Wildman–Crippen MR) is 72.7 cm³/mol. The minimum atomic E-state index is 0.814. The Hall–Kier alpha value is -1.72. The minimum Gasteiger partial charge on any atom is -0.311 e. The third-order valence-corrected chi connectivity index (χ3v) is 3.53. The first kappa shape index (κ1) is 11.4. The highest BCUT2D eigenvalue weighted by Crippen LogP contribution is 2.10. The number of pyridine rings is 1. The van der Waals surface area contributed by atoms with E-state index in [4.69, 9.17) is 0 Å². The lowest BCUT2D eigenvalue weighted by Crippen LogP contribution is -2.16. The van der Waals surface area contributed by atoms with E-state index >= 15 is 0 Å². The monoisotopic (exact) mass is 258 g/mol. The summed E-state index contributed by atoms with van der Waals surface area (Å²) in [5, 5.41) is 5.45. The van der Waals surface area contributed by atoms with Gasteiger partial charge in [0.05, 0.1) is 5.69 Å². The van der Waals surface area contributed by atoms with Crippen molar-refractivity contribution >= 4 is 16.3 Å². The van der Waals surface area contributed by atoms with Gasteiger partial charge >= 0.3 is 0 Å². The highest BCUT2D eigenvalue weighted by atomic mass is 32.1. The lowest BCUT2D eigenvalue weighted by Gasteiger charge is -2.02. The Labute approximate surface area is 109 Å². The Bertz CT molecular complexity index is 586. The summed E-state index contributed by atoms with van der Waals surface area (Å²) in [6.07, 6.45) is 8.81. The molecule has 1 N–H and O–H groups in total. The molecule has 0 atom stereocenters. The molecule has 3 rings (SSSR count). The van der Waals surface area contributed by atoms with Crippen molar-refractivity contribution < 1.29 is 0 Å². The van der Waals surface area contributed by atoms with Crippen molar-refractivity contribution in [3.63, 3.8) is 0 Å². The van der Waals surface area contributed by atoms with Crippen molar-refractivity contribution in [2.45, 2.75) is 13.0 Å². The quantitative estimate of drug-likeness (QED) is 0.713. The Morgan fingerprint density at radius 3 is 3.22 bits per heavy atom. The van der Waals surface area contributed by atoms with Crippen LogP contribution in [0.1, 0.15) is 11.3 Å². The number of hydrogen-bond donors (Lipinski definition) is 1. The zero-order valence-electron chi connectivity index (χ0n) is 9.91. The van der Waals surface area contributed by atoms with Gasteiger partial charge < -0.3 is 5.32 Å². The number of nitrogens with one attached hydrogen (secondary N) is 1. The maximum Gasteiger partial charge on any atom is 0.193 e. The molecule has 92 valence electrons. The van der Waals surface area contributed by atoms with E-state index in [1.54, 1.807) is 17.5 Å². The molecule has 0 aliphatic rings. The van der Waals surface area contributed by atoms with E-state index in [0.29, 0.717) is 0 Å². The van der Waals surface area contributed by atoms with Gasteiger partial charge in [-0.05, 0) is 24.6 Å². The molecular weight excluding hydrogens is 244 g/mol. The van der Waals surface area contributed by atoms with Crippen LogP contribution >= 0.6 is 11.3 Å². The van der Waals surface area contributed by atoms with Crippen LogP contribution in [-0.4, -0.2) is 20.9 Å². The Morgan fingerprint density at radius 2 is 2.39 bits per heavy atom. The Morgan fingerprint density at radius 1 is 1.39 bits per heavy atom. The van der Waals surface area contributed by atoms with Gasteiger partial charge in [0, 0.05) is 36.7 Å². The van der Waals surface area contributed by atoms with Crippen LogP contribution in [0.2, 0.25) is 0 Å². The van der Waals surface area contributed by atoms with Crippen LogP contribution in [0.4, 0.5) is 0 Å². The van der Waals surface area contributed by atoms with Crippen molar-refractivity contribution in [3.05, 3.63) is 53.6 Å². The molecule has 0 amide bonds. The molecular formula is C13H14N4S. The zero-order valence-corrected chi connectivity index (χ0v) is 10.7. The summed E-state index contributed by atoms with van der Waals surface area (Å²) in [5.74, 6) is 0. The zero-order chi connectivity index (χ0) is 12.2. The van der Waals surface area contributed by atoms with E-state index < -0.39 is 0 Å². The van der Waals surface area contributed by atoms with E-state index in [0.717, 1.165) is 30.2 Å². The summed E-state index contributed by atoms with van der Waals surface area (Å²) in [6.45, 7) is 1.76. The third-order valence-electron chi connectivity index (χ3n) is 2.76. The fourth-order valence-corrected chi connectivity index (χ4v) is 2.58. The van der Waals surface area contributed by atoms with E-state index in [2.05, 4.69) is 31.9 Å². The smallest absolute Gasteiger partial charge is 0.193 e. The second-order valence-corrected chi connectivity index (χ2v) is 4.99. The number of rotatable bonds is 5. The molecule has 0 fully saturated rings. The van der Waals surface area contributed by atoms with Crippen LogP contribution < -0.4 is 5.32 Å². The highest BCUT2D eigenvalue weighted by Gasteiger charge is 2.01. The summed E-state index contributed by atoms with van der Waals surface area (Å²) in [6, 6.07) is 4.07. The Balaban J connectivity index is 1.49. The molecule has 0 saturated heterocycles. The van der Waals surface area contributed by atoms with Gasteiger partial charge in [-0.1, -0.05) is 6.07 Å². The average molecular weight is 258 g/mol. The first-order valence-corrected chi connectivity index (χ1v) is 6.80. The molecule has 4 nitrogen and oxygen atoms in total. The maximum atomic E-state index is 4.52. The minimum absolute atomic E-state index is 0.814. The molecule has 3 heterocycles. The van der Waals surface area contributed by atoms with Gasteiger partial charge in [0.25, 0.3) is 0 Å². The second-order valence-electron chi connectivity index (χ2n) is 4.11. The topological polar surface area (TPSA) is 42.2 Å². The molecule has 0 aliphatic heterocycles. The SMILES string of the molecule is c1cncc(CCNCc2cn3ccsc3n2)c1. The molecule has 0 unspecified atom stereocenters. The molecule has 0 spiro atoms. The van der Waals surface area contributed by atoms with Gasteiger partial charge in [0.2, 0.25) is 0 Å². The number of imidazole rings is 1. The van der Waals surface area contributed by atoms with Crippen LogP contribution in [-0.2, 0) is 13.0 Å². The van der Waals surface area contributed by atoms with Gasteiger partial charge in [0.1, 0.15) is 0 Å². The molecule has 0 radical (unpaired) electrons. The summed E-state index contributed by atoms with van der Waals surface area (Å²) < 4.78 is 2.06. The third kappa shape index (κ3) is 2.57. The number of hydrogen-bond acceptors (Lipinski definition) is 4. The molecule has 3 aromatic rings. The van der Waals surface area contributed by atoms with E-state index in [9.17, 15) is 0 Å². The number of aromatic nitrogens is 3. The van der Waals surface area contributed by atoms with Crippen LogP contribution in [0.15, 0.2) is 42.3 Å². The van der Waals surface area contributed by atoms with Crippen molar-refractivity contribution in [3.8, 4) is 0 Å². The lowest BCUT2D eigenvalue weighted by molar-refractivity contribution is 0.677. The van der Waals surface area contributed by atoms with Gasteiger partial charge in [-0.2, -0.15) is 0 Å². The van der Waals surface area contributed by atoms with Crippen molar-refractivity contribution in [1.82, 2.24) is 19.7 Å². The van der Waals surface area contributed by atoms with Gasteiger partial charge in [-0.25, -0.2) is 4.98 Å². The number of thiazole rings is 1. The van der Waals surface area contributed by atoms with Gasteiger partial charge in [-0.15, -0.1) is 11.3 Å². The van der Waals surface area contributed by atoms with Crippen LogP contribution in [0.25, 0.3) is 4.96 Å². The van der Waals surface area contributed by atoms with Crippen molar-refractivity contribution in [2.24, 2.45) is 0 Å². The van der Waals surface area contributed by atoms with Crippen molar-refractivity contribution in [1.29, 1.82) is 0 Å². The molecule has 0 aliphatic carbocycles. The fourth-order valence-electron chi connectivity index (χ4n) is 1.86. The first-order chi connectivity index (χ1) is 8.92. The molecule has 0 saturated carbocycles. The van der Waals surface area contributed by atoms with Crippen LogP contribution in [0.5, 0.6) is 0 Å². The Kier molecular flexibility index (Phi) is 3.34. The standard InChI is InChI=1S/C13H14N4S/c1-2-11(8-14-4-1)3-5-15-9-12-10-17-6-7-18-13(17)16-12/h1-2,4,6-8,10,15H,3,5,9H2. The summed E-state index contributed by atoms with van der Waals surface area (Å²) in [7, 11) is 0. The molecule has 0 aromatic carbocycles. The van der Waals surface area contributed by atoms with E-state index in [1.165, 1.54) is 5.56 Å². The fraction of sp³-hybridized carbons (Fsp3) is 0.231.